The molecule has 11 nitrogen and oxygen atoms in total. The van der Waals surface area contributed by atoms with Gasteiger partial charge in [-0.05, 0) is 36.4 Å². The summed E-state index contributed by atoms with van der Waals surface area (Å²) in [5, 5.41) is 22.8. The van der Waals surface area contributed by atoms with Gasteiger partial charge in [0.05, 0.1) is 23.0 Å². The third-order valence-electron chi connectivity index (χ3n) is 6.05. The van der Waals surface area contributed by atoms with Gasteiger partial charge in [-0.2, -0.15) is 5.26 Å². The fraction of sp³-hybridized carbons (Fsp3) is 0.231. The number of hydrogen-bond donors (Lipinski definition) is 2. The first-order valence-electron chi connectivity index (χ1n) is 12.0. The van der Waals surface area contributed by atoms with Crippen LogP contribution in [0.4, 0.5) is 23.3 Å². The molecule has 0 radical (unpaired) electrons. The number of piperazine rings is 1. The molecule has 5 rings (SSSR count). The molecule has 0 bridgehead atoms. The van der Waals surface area contributed by atoms with Crippen molar-refractivity contribution in [2.24, 2.45) is 0 Å². The highest BCUT2D eigenvalue weighted by molar-refractivity contribution is 6.32. The molecule has 4 aromatic rings. The topological polar surface area (TPSA) is 136 Å². The molecule has 0 spiro atoms. The number of benzene rings is 2. The second-order valence-corrected chi connectivity index (χ2v) is 8.97. The Morgan fingerprint density at radius 3 is 2.42 bits per heavy atom. The van der Waals surface area contributed by atoms with Crippen molar-refractivity contribution in [1.82, 2.24) is 25.5 Å². The molecule has 0 unspecified atom stereocenters. The lowest BCUT2D eigenvalue weighted by atomic mass is 10.1. The summed E-state index contributed by atoms with van der Waals surface area (Å²) in [6.07, 6.45) is 1.54. The Kier molecular flexibility index (Phi) is 7.33. The molecule has 2 aromatic heterocycles. The Morgan fingerprint density at radius 2 is 1.76 bits per heavy atom. The first-order valence-corrected chi connectivity index (χ1v) is 12.3. The van der Waals surface area contributed by atoms with E-state index in [1.165, 1.54) is 0 Å². The van der Waals surface area contributed by atoms with E-state index in [9.17, 15) is 4.79 Å². The fourth-order valence-corrected chi connectivity index (χ4v) is 4.29. The number of nitrogens with zero attached hydrogens (tertiary/aromatic N) is 7. The minimum Gasteiger partial charge on any atom is -0.408 e. The molecule has 2 N–H and O–H groups in total. The number of carbonyl (C=O) groups excluding carboxylic acids is 1. The van der Waals surface area contributed by atoms with Crippen LogP contribution in [0.1, 0.15) is 16.2 Å². The number of carbonyl (C=O) groups is 1. The van der Waals surface area contributed by atoms with Gasteiger partial charge in [0.2, 0.25) is 11.8 Å². The Morgan fingerprint density at radius 1 is 1.05 bits per heavy atom. The first kappa shape index (κ1) is 25.0. The van der Waals surface area contributed by atoms with Crippen molar-refractivity contribution in [3.8, 4) is 17.3 Å². The van der Waals surface area contributed by atoms with Crippen molar-refractivity contribution in [3.05, 3.63) is 71.2 Å². The number of aromatic nitrogens is 4. The molecule has 3 heterocycles. The van der Waals surface area contributed by atoms with Crippen LogP contribution in [-0.4, -0.2) is 58.8 Å². The summed E-state index contributed by atoms with van der Waals surface area (Å²) in [5.74, 6) is 0.649. The Labute approximate surface area is 224 Å². The number of nitriles is 1. The van der Waals surface area contributed by atoms with Crippen LogP contribution in [0.5, 0.6) is 0 Å². The number of anilines is 4. The van der Waals surface area contributed by atoms with Crippen molar-refractivity contribution < 1.29 is 9.21 Å². The first-order chi connectivity index (χ1) is 18.5. The number of halogens is 1. The van der Waals surface area contributed by atoms with Gasteiger partial charge >= 0.3 is 6.01 Å². The lowest BCUT2D eigenvalue weighted by Gasteiger charge is -2.35. The van der Waals surface area contributed by atoms with Crippen molar-refractivity contribution in [2.75, 3.05) is 47.8 Å². The number of rotatable bonds is 7. The standard InChI is InChI=1S/C26H24ClN9O2/c1-17-33-34-26(38-17)36-14-12-35(13-15-36)21-8-6-20(7-9-21)31-25-30-16-22(27)23(32-25)18-2-4-19(5-3-18)24(37)29-11-10-28/h2-9,16H,11-15H2,1H3,(H,29,37)(H,30,31,32). The van der Waals surface area contributed by atoms with E-state index >= 15 is 0 Å². The molecular formula is C26H24ClN9O2. The molecule has 12 heteroatoms. The highest BCUT2D eigenvalue weighted by Gasteiger charge is 2.21. The number of nitrogens with one attached hydrogen (secondary N) is 2. The van der Waals surface area contributed by atoms with Crippen LogP contribution in [-0.2, 0) is 0 Å². The highest BCUT2D eigenvalue weighted by Crippen LogP contribution is 2.28. The molecule has 1 amide bonds. The minimum absolute atomic E-state index is 0.0495. The van der Waals surface area contributed by atoms with E-state index < -0.39 is 0 Å². The maximum atomic E-state index is 12.0. The van der Waals surface area contributed by atoms with E-state index in [0.717, 1.165) is 43.1 Å². The average Bonchev–Trinajstić information content (AvgIpc) is 3.39. The van der Waals surface area contributed by atoms with Crippen LogP contribution in [0.25, 0.3) is 11.3 Å². The van der Waals surface area contributed by atoms with E-state index in [1.807, 2.05) is 18.2 Å². The third-order valence-corrected chi connectivity index (χ3v) is 6.32. The van der Waals surface area contributed by atoms with Crippen LogP contribution in [0.2, 0.25) is 5.02 Å². The molecule has 1 saturated heterocycles. The Balaban J connectivity index is 1.22. The summed E-state index contributed by atoms with van der Waals surface area (Å²) >= 11 is 6.37. The Bertz CT molecular complexity index is 1460. The van der Waals surface area contributed by atoms with Crippen molar-refractivity contribution in [2.45, 2.75) is 6.92 Å². The van der Waals surface area contributed by atoms with Gasteiger partial charge in [-0.25, -0.2) is 9.97 Å². The highest BCUT2D eigenvalue weighted by atomic mass is 35.5. The SMILES string of the molecule is Cc1nnc(N2CCN(c3ccc(Nc4ncc(Cl)c(-c5ccc(C(=O)NCC#N)cc5)n4)cc3)CC2)o1. The zero-order chi connectivity index (χ0) is 26.5. The Hall–Kier alpha value is -4.69. The molecule has 0 atom stereocenters. The van der Waals surface area contributed by atoms with E-state index in [-0.39, 0.29) is 12.5 Å². The van der Waals surface area contributed by atoms with E-state index in [4.69, 9.17) is 21.3 Å². The second-order valence-electron chi connectivity index (χ2n) is 8.56. The summed E-state index contributed by atoms with van der Waals surface area (Å²) in [6, 6.07) is 17.4. The average molecular weight is 530 g/mol. The van der Waals surface area contributed by atoms with Crippen LogP contribution in [0, 0.1) is 18.3 Å². The molecule has 1 fully saturated rings. The monoisotopic (exact) mass is 529 g/mol. The van der Waals surface area contributed by atoms with Crippen LogP contribution < -0.4 is 20.4 Å². The van der Waals surface area contributed by atoms with Crippen LogP contribution >= 0.6 is 11.6 Å². The third kappa shape index (κ3) is 5.66. The lowest BCUT2D eigenvalue weighted by molar-refractivity contribution is 0.0958. The summed E-state index contributed by atoms with van der Waals surface area (Å²) in [7, 11) is 0. The summed E-state index contributed by atoms with van der Waals surface area (Å²) in [5.41, 5.74) is 3.68. The second kappa shape index (κ2) is 11.1. The maximum Gasteiger partial charge on any atom is 0.318 e. The van der Waals surface area contributed by atoms with Gasteiger partial charge in [0, 0.05) is 55.6 Å². The van der Waals surface area contributed by atoms with E-state index in [2.05, 4.69) is 52.7 Å². The largest absolute Gasteiger partial charge is 0.408 e. The van der Waals surface area contributed by atoms with E-state index in [1.54, 1.807) is 37.4 Å². The predicted octanol–water partition coefficient (Wildman–Crippen LogP) is 3.81. The smallest absolute Gasteiger partial charge is 0.318 e. The maximum absolute atomic E-state index is 12.0. The van der Waals surface area contributed by atoms with Crippen molar-refractivity contribution >= 4 is 40.8 Å². The number of aryl methyl sites for hydroxylation is 1. The van der Waals surface area contributed by atoms with Gasteiger partial charge in [0.15, 0.2) is 0 Å². The zero-order valence-corrected chi connectivity index (χ0v) is 21.3. The summed E-state index contributed by atoms with van der Waals surface area (Å²) in [6.45, 7) is 5.03. The quantitative estimate of drug-likeness (QED) is 0.340. The van der Waals surface area contributed by atoms with Crippen LogP contribution in [0.15, 0.2) is 59.1 Å². The predicted molar refractivity (Wildman–Crippen MR) is 144 cm³/mol. The van der Waals surface area contributed by atoms with E-state index in [0.29, 0.717) is 34.1 Å². The van der Waals surface area contributed by atoms with Crippen molar-refractivity contribution in [3.63, 3.8) is 0 Å². The minimum atomic E-state index is -0.318. The van der Waals surface area contributed by atoms with Gasteiger partial charge < -0.3 is 24.9 Å². The zero-order valence-electron chi connectivity index (χ0n) is 20.6. The van der Waals surface area contributed by atoms with Gasteiger partial charge in [0.1, 0.15) is 6.54 Å². The summed E-state index contributed by atoms with van der Waals surface area (Å²) < 4.78 is 5.54. The summed E-state index contributed by atoms with van der Waals surface area (Å²) in [4.78, 5) is 25.3. The van der Waals surface area contributed by atoms with Gasteiger partial charge in [-0.15, -0.1) is 5.10 Å². The van der Waals surface area contributed by atoms with Gasteiger partial charge in [-0.1, -0.05) is 28.8 Å². The molecule has 1 aliphatic heterocycles. The molecule has 1 aliphatic rings. The van der Waals surface area contributed by atoms with Crippen molar-refractivity contribution in [1.29, 1.82) is 5.26 Å². The number of amides is 1. The molecule has 0 aliphatic carbocycles. The molecular weight excluding hydrogens is 506 g/mol. The molecule has 192 valence electrons. The molecule has 0 saturated carbocycles. The van der Waals surface area contributed by atoms with Gasteiger partial charge in [0.25, 0.3) is 5.91 Å². The normalized spacial score (nSPS) is 13.2. The number of hydrogen-bond acceptors (Lipinski definition) is 10. The lowest BCUT2D eigenvalue weighted by Crippen LogP contribution is -2.46. The fourth-order valence-electron chi connectivity index (χ4n) is 4.09. The van der Waals surface area contributed by atoms with Crippen LogP contribution in [0.3, 0.4) is 0 Å². The van der Waals surface area contributed by atoms with Gasteiger partial charge in [-0.3, -0.25) is 4.79 Å². The molecule has 2 aromatic carbocycles. The molecule has 38 heavy (non-hydrogen) atoms.